The van der Waals surface area contributed by atoms with Crippen LogP contribution in [0.2, 0.25) is 0 Å². The molecule has 1 rings (SSSR count). The van der Waals surface area contributed by atoms with Gasteiger partial charge in [0.15, 0.2) is 0 Å². The average Bonchev–Trinajstić information content (AvgIpc) is 2.51. The zero-order valence-corrected chi connectivity index (χ0v) is 14.2. The molecule has 1 atom stereocenters. The van der Waals surface area contributed by atoms with Crippen LogP contribution in [0, 0.1) is 0 Å². The SMILES string of the molecule is CCNC(C)(CO)CCCCN(C)c1ccc(CC)cc1. The van der Waals surface area contributed by atoms with Gasteiger partial charge in [0.2, 0.25) is 0 Å². The molecule has 0 saturated carbocycles. The summed E-state index contributed by atoms with van der Waals surface area (Å²) in [5.41, 5.74) is 2.54. The van der Waals surface area contributed by atoms with Gasteiger partial charge in [0.1, 0.15) is 0 Å². The minimum Gasteiger partial charge on any atom is -0.394 e. The van der Waals surface area contributed by atoms with E-state index in [-0.39, 0.29) is 12.1 Å². The van der Waals surface area contributed by atoms with Gasteiger partial charge in [-0.15, -0.1) is 0 Å². The summed E-state index contributed by atoms with van der Waals surface area (Å²) in [6.07, 6.45) is 4.38. The standard InChI is InChI=1S/C18H32N2O/c1-5-16-9-11-17(12-10-16)20(4)14-8-7-13-18(3,15-21)19-6-2/h9-12,19,21H,5-8,13-15H2,1-4H3. The van der Waals surface area contributed by atoms with Gasteiger partial charge >= 0.3 is 0 Å². The van der Waals surface area contributed by atoms with Crippen LogP contribution in [0.3, 0.4) is 0 Å². The van der Waals surface area contributed by atoms with Crippen molar-refractivity contribution in [1.82, 2.24) is 5.32 Å². The van der Waals surface area contributed by atoms with Crippen LogP contribution in [0.25, 0.3) is 0 Å². The Morgan fingerprint density at radius 1 is 1.14 bits per heavy atom. The Balaban J connectivity index is 2.34. The number of aliphatic hydroxyl groups excluding tert-OH is 1. The minimum absolute atomic E-state index is 0.129. The summed E-state index contributed by atoms with van der Waals surface area (Å²) in [4.78, 5) is 2.31. The third-order valence-electron chi connectivity index (χ3n) is 4.21. The molecule has 0 amide bonds. The first-order chi connectivity index (χ1) is 10.0. The van der Waals surface area contributed by atoms with E-state index < -0.39 is 0 Å². The largest absolute Gasteiger partial charge is 0.394 e. The lowest BCUT2D eigenvalue weighted by atomic mass is 9.95. The second-order valence-corrected chi connectivity index (χ2v) is 6.15. The van der Waals surface area contributed by atoms with Gasteiger partial charge in [-0.3, -0.25) is 0 Å². The summed E-state index contributed by atoms with van der Waals surface area (Å²) >= 11 is 0. The summed E-state index contributed by atoms with van der Waals surface area (Å²) in [5.74, 6) is 0. The topological polar surface area (TPSA) is 35.5 Å². The van der Waals surface area contributed by atoms with Gasteiger partial charge in [-0.2, -0.15) is 0 Å². The molecule has 0 aliphatic heterocycles. The highest BCUT2D eigenvalue weighted by Crippen LogP contribution is 2.17. The first-order valence-corrected chi connectivity index (χ1v) is 8.20. The smallest absolute Gasteiger partial charge is 0.0610 e. The van der Waals surface area contributed by atoms with Crippen molar-refractivity contribution in [1.29, 1.82) is 0 Å². The van der Waals surface area contributed by atoms with Crippen molar-refractivity contribution >= 4 is 5.69 Å². The predicted molar refractivity (Wildman–Crippen MR) is 92.1 cm³/mol. The zero-order valence-electron chi connectivity index (χ0n) is 14.2. The number of aliphatic hydroxyl groups is 1. The molecule has 0 heterocycles. The number of nitrogens with one attached hydrogen (secondary N) is 1. The van der Waals surface area contributed by atoms with Crippen molar-refractivity contribution in [2.75, 3.05) is 31.6 Å². The molecular weight excluding hydrogens is 260 g/mol. The molecule has 0 fully saturated rings. The Morgan fingerprint density at radius 2 is 1.81 bits per heavy atom. The fourth-order valence-corrected chi connectivity index (χ4v) is 2.63. The van der Waals surface area contributed by atoms with Crippen LogP contribution in [-0.2, 0) is 6.42 Å². The molecule has 0 bridgehead atoms. The monoisotopic (exact) mass is 292 g/mol. The van der Waals surface area contributed by atoms with Crippen molar-refractivity contribution in [3.63, 3.8) is 0 Å². The maximum absolute atomic E-state index is 9.48. The first-order valence-electron chi connectivity index (χ1n) is 8.20. The second kappa shape index (κ2) is 9.06. The van der Waals surface area contributed by atoms with E-state index in [4.69, 9.17) is 0 Å². The molecule has 0 saturated heterocycles. The molecule has 0 radical (unpaired) electrons. The van der Waals surface area contributed by atoms with E-state index in [9.17, 15) is 5.11 Å². The van der Waals surface area contributed by atoms with Gasteiger partial charge in [0.25, 0.3) is 0 Å². The molecular formula is C18H32N2O. The third kappa shape index (κ3) is 6.06. The quantitative estimate of drug-likeness (QED) is 0.650. The van der Waals surface area contributed by atoms with Crippen LogP contribution in [0.1, 0.15) is 45.6 Å². The first kappa shape index (κ1) is 18.0. The normalized spacial score (nSPS) is 14.0. The van der Waals surface area contributed by atoms with E-state index in [1.165, 1.54) is 11.3 Å². The van der Waals surface area contributed by atoms with Crippen LogP contribution in [0.4, 0.5) is 5.69 Å². The lowest BCUT2D eigenvalue weighted by Gasteiger charge is -2.29. The van der Waals surface area contributed by atoms with Gasteiger partial charge in [-0.1, -0.05) is 26.0 Å². The average molecular weight is 292 g/mol. The van der Waals surface area contributed by atoms with E-state index in [1.807, 2.05) is 0 Å². The highest BCUT2D eigenvalue weighted by atomic mass is 16.3. The Bertz CT molecular complexity index is 391. The number of likely N-dealkylation sites (N-methyl/N-ethyl adjacent to an activating group) is 1. The number of rotatable bonds is 10. The molecule has 3 heteroatoms. The Kier molecular flexibility index (Phi) is 7.76. The summed E-state index contributed by atoms with van der Waals surface area (Å²) in [7, 11) is 2.15. The van der Waals surface area contributed by atoms with Crippen molar-refractivity contribution in [2.24, 2.45) is 0 Å². The van der Waals surface area contributed by atoms with Crippen LogP contribution >= 0.6 is 0 Å². The number of nitrogens with zero attached hydrogens (tertiary/aromatic N) is 1. The fraction of sp³-hybridized carbons (Fsp3) is 0.667. The molecule has 21 heavy (non-hydrogen) atoms. The van der Waals surface area contributed by atoms with Gasteiger partial charge in [0.05, 0.1) is 6.61 Å². The maximum Gasteiger partial charge on any atom is 0.0610 e. The van der Waals surface area contributed by atoms with Crippen LogP contribution in [0.15, 0.2) is 24.3 Å². The minimum atomic E-state index is -0.129. The van der Waals surface area contributed by atoms with Gasteiger partial charge in [-0.05, 0) is 56.8 Å². The van der Waals surface area contributed by atoms with E-state index in [0.29, 0.717) is 0 Å². The summed E-state index contributed by atoms with van der Waals surface area (Å²) < 4.78 is 0. The summed E-state index contributed by atoms with van der Waals surface area (Å²) in [6, 6.07) is 8.82. The third-order valence-corrected chi connectivity index (χ3v) is 4.21. The molecule has 3 nitrogen and oxygen atoms in total. The summed E-state index contributed by atoms with van der Waals surface area (Å²) in [6.45, 7) is 8.53. The van der Waals surface area contributed by atoms with E-state index in [2.05, 4.69) is 62.3 Å². The summed E-state index contributed by atoms with van der Waals surface area (Å²) in [5, 5.41) is 12.9. The molecule has 120 valence electrons. The van der Waals surface area contributed by atoms with E-state index in [1.54, 1.807) is 0 Å². The lowest BCUT2D eigenvalue weighted by molar-refractivity contribution is 0.165. The Hall–Kier alpha value is -1.06. The highest BCUT2D eigenvalue weighted by Gasteiger charge is 2.20. The van der Waals surface area contributed by atoms with Crippen molar-refractivity contribution in [2.45, 2.75) is 52.0 Å². The van der Waals surface area contributed by atoms with Crippen molar-refractivity contribution in [3.8, 4) is 0 Å². The van der Waals surface area contributed by atoms with Gasteiger partial charge in [0, 0.05) is 24.8 Å². The highest BCUT2D eigenvalue weighted by molar-refractivity contribution is 5.46. The fourth-order valence-electron chi connectivity index (χ4n) is 2.63. The zero-order chi connectivity index (χ0) is 15.7. The number of anilines is 1. The molecule has 1 unspecified atom stereocenters. The molecule has 0 aromatic heterocycles. The van der Waals surface area contributed by atoms with Crippen molar-refractivity contribution < 1.29 is 5.11 Å². The molecule has 2 N–H and O–H groups in total. The van der Waals surface area contributed by atoms with E-state index >= 15 is 0 Å². The van der Waals surface area contributed by atoms with Gasteiger partial charge < -0.3 is 15.3 Å². The lowest BCUT2D eigenvalue weighted by Crippen LogP contribution is -2.45. The number of hydrogen-bond acceptors (Lipinski definition) is 3. The number of unbranched alkanes of at least 4 members (excludes halogenated alkanes) is 1. The van der Waals surface area contributed by atoms with Crippen LogP contribution in [-0.4, -0.2) is 37.4 Å². The van der Waals surface area contributed by atoms with Crippen LogP contribution < -0.4 is 10.2 Å². The maximum atomic E-state index is 9.48. The second-order valence-electron chi connectivity index (χ2n) is 6.15. The number of hydrogen-bond donors (Lipinski definition) is 2. The number of benzene rings is 1. The molecule has 0 spiro atoms. The Labute approximate surface area is 130 Å². The number of aryl methyl sites for hydroxylation is 1. The Morgan fingerprint density at radius 3 is 2.33 bits per heavy atom. The van der Waals surface area contributed by atoms with Gasteiger partial charge in [-0.25, -0.2) is 0 Å². The molecule has 0 aliphatic rings. The van der Waals surface area contributed by atoms with Crippen LogP contribution in [0.5, 0.6) is 0 Å². The predicted octanol–water partition coefficient (Wildman–Crippen LogP) is 3.22. The molecule has 1 aromatic rings. The molecule has 1 aromatic carbocycles. The van der Waals surface area contributed by atoms with E-state index in [0.717, 1.165) is 38.8 Å². The van der Waals surface area contributed by atoms with Crippen molar-refractivity contribution in [3.05, 3.63) is 29.8 Å². The molecule has 0 aliphatic carbocycles.